The number of rotatable bonds is 7. The second-order valence-electron chi connectivity index (χ2n) is 8.06. The molecule has 0 saturated carbocycles. The molecule has 4 rings (SSSR count). The Labute approximate surface area is 208 Å². The second-order valence-corrected chi connectivity index (χ2v) is 8.87. The van der Waals surface area contributed by atoms with Gasteiger partial charge in [0.05, 0.1) is 17.2 Å². The fourth-order valence-corrected chi connectivity index (χ4v) is 3.71. The maximum absolute atomic E-state index is 12.4. The number of ether oxygens (including phenoxy) is 3. The van der Waals surface area contributed by atoms with Crippen LogP contribution >= 0.6 is 23.2 Å². The lowest BCUT2D eigenvalue weighted by molar-refractivity contribution is -0.129. The van der Waals surface area contributed by atoms with Crippen molar-refractivity contribution in [1.82, 2.24) is 0 Å². The SMILES string of the molecule is COc1cc(/C=C2\N=C(c3ccc(C(C)C)cc3)OC2=O)ccc1OCc1ccc(Cl)c(Cl)c1. The standard InChI is InChI=1S/C27H23Cl2NO4/c1-16(2)19-6-8-20(9-7-19)26-30-23(27(31)34-26)13-17-5-11-24(25(14-17)32-3)33-15-18-4-10-21(28)22(29)12-18/h4-14,16H,15H2,1-3H3/b23-13-. The van der Waals surface area contributed by atoms with E-state index in [2.05, 4.69) is 18.8 Å². The van der Waals surface area contributed by atoms with E-state index in [1.165, 1.54) is 5.56 Å². The van der Waals surface area contributed by atoms with E-state index in [4.69, 9.17) is 37.4 Å². The molecule has 0 radical (unpaired) electrons. The number of nitrogens with zero attached hydrogens (tertiary/aromatic N) is 1. The number of cyclic esters (lactones) is 1. The Morgan fingerprint density at radius 2 is 1.74 bits per heavy atom. The zero-order chi connectivity index (χ0) is 24.2. The maximum Gasteiger partial charge on any atom is 0.363 e. The van der Waals surface area contributed by atoms with Crippen LogP contribution in [0.1, 0.15) is 42.0 Å². The number of carbonyl (C=O) groups excluding carboxylic acids is 1. The lowest BCUT2D eigenvalue weighted by Gasteiger charge is -2.12. The minimum atomic E-state index is -0.498. The van der Waals surface area contributed by atoms with Crippen LogP contribution < -0.4 is 9.47 Å². The van der Waals surface area contributed by atoms with Crippen LogP contribution in [-0.4, -0.2) is 19.0 Å². The summed E-state index contributed by atoms with van der Waals surface area (Å²) in [6.07, 6.45) is 1.66. The van der Waals surface area contributed by atoms with Crippen LogP contribution in [0.4, 0.5) is 0 Å². The van der Waals surface area contributed by atoms with Crippen molar-refractivity contribution in [1.29, 1.82) is 0 Å². The van der Waals surface area contributed by atoms with Gasteiger partial charge in [-0.1, -0.05) is 61.3 Å². The molecule has 3 aromatic rings. The molecule has 1 aliphatic rings. The number of esters is 1. The van der Waals surface area contributed by atoms with Crippen molar-refractivity contribution < 1.29 is 19.0 Å². The molecule has 5 nitrogen and oxygen atoms in total. The first-order valence-corrected chi connectivity index (χ1v) is 11.5. The molecule has 174 valence electrons. The minimum absolute atomic E-state index is 0.217. The predicted molar refractivity (Wildman–Crippen MR) is 135 cm³/mol. The molecule has 0 unspecified atom stereocenters. The Balaban J connectivity index is 1.51. The van der Waals surface area contributed by atoms with Crippen LogP contribution in [-0.2, 0) is 16.1 Å². The molecule has 0 aliphatic carbocycles. The van der Waals surface area contributed by atoms with E-state index in [1.807, 2.05) is 36.4 Å². The molecule has 0 amide bonds. The summed E-state index contributed by atoms with van der Waals surface area (Å²) in [5.41, 5.74) is 3.78. The smallest absolute Gasteiger partial charge is 0.363 e. The first-order valence-electron chi connectivity index (χ1n) is 10.7. The van der Waals surface area contributed by atoms with E-state index in [0.29, 0.717) is 40.0 Å². The van der Waals surface area contributed by atoms with Crippen LogP contribution in [0.25, 0.3) is 6.08 Å². The number of benzene rings is 3. The molecular weight excluding hydrogens is 473 g/mol. The Bertz CT molecular complexity index is 1280. The normalized spacial score (nSPS) is 14.4. The maximum atomic E-state index is 12.4. The van der Waals surface area contributed by atoms with Crippen LogP contribution in [0.3, 0.4) is 0 Å². The van der Waals surface area contributed by atoms with Gasteiger partial charge in [-0.05, 0) is 65.1 Å². The molecule has 0 fully saturated rings. The van der Waals surface area contributed by atoms with Crippen molar-refractivity contribution in [3.05, 3.63) is 98.7 Å². The summed E-state index contributed by atoms with van der Waals surface area (Å²) in [6, 6.07) is 18.5. The summed E-state index contributed by atoms with van der Waals surface area (Å²) in [6.45, 7) is 4.55. The van der Waals surface area contributed by atoms with Crippen molar-refractivity contribution in [2.24, 2.45) is 4.99 Å². The molecule has 1 heterocycles. The highest BCUT2D eigenvalue weighted by Crippen LogP contribution is 2.31. The summed E-state index contributed by atoms with van der Waals surface area (Å²) >= 11 is 12.0. The molecule has 0 atom stereocenters. The van der Waals surface area contributed by atoms with Gasteiger partial charge in [-0.2, -0.15) is 0 Å². The lowest BCUT2D eigenvalue weighted by Crippen LogP contribution is -2.05. The molecule has 34 heavy (non-hydrogen) atoms. The third-order valence-electron chi connectivity index (χ3n) is 5.31. The van der Waals surface area contributed by atoms with Crippen LogP contribution in [0.2, 0.25) is 10.0 Å². The minimum Gasteiger partial charge on any atom is -0.493 e. The van der Waals surface area contributed by atoms with Crippen molar-refractivity contribution in [2.45, 2.75) is 26.4 Å². The van der Waals surface area contributed by atoms with Gasteiger partial charge in [-0.3, -0.25) is 0 Å². The van der Waals surface area contributed by atoms with Gasteiger partial charge in [0, 0.05) is 5.56 Å². The number of aliphatic imine (C=N–C) groups is 1. The van der Waals surface area contributed by atoms with Crippen LogP contribution in [0, 0.1) is 0 Å². The van der Waals surface area contributed by atoms with Crippen molar-refractivity contribution in [3.63, 3.8) is 0 Å². The number of hydrogen-bond donors (Lipinski definition) is 0. The van der Waals surface area contributed by atoms with Crippen molar-refractivity contribution >= 4 is 41.1 Å². The first-order chi connectivity index (χ1) is 16.3. The summed E-state index contributed by atoms with van der Waals surface area (Å²) in [5, 5.41) is 0.958. The summed E-state index contributed by atoms with van der Waals surface area (Å²) in [7, 11) is 1.55. The summed E-state index contributed by atoms with van der Waals surface area (Å²) < 4.78 is 16.8. The van der Waals surface area contributed by atoms with Crippen molar-refractivity contribution in [2.75, 3.05) is 7.11 Å². The van der Waals surface area contributed by atoms with Gasteiger partial charge >= 0.3 is 5.97 Å². The highest BCUT2D eigenvalue weighted by atomic mass is 35.5. The van der Waals surface area contributed by atoms with Gasteiger partial charge < -0.3 is 14.2 Å². The third kappa shape index (κ3) is 5.44. The lowest BCUT2D eigenvalue weighted by atomic mass is 10.0. The zero-order valence-corrected chi connectivity index (χ0v) is 20.5. The van der Waals surface area contributed by atoms with Gasteiger partial charge in [0.15, 0.2) is 17.2 Å². The van der Waals surface area contributed by atoms with E-state index in [9.17, 15) is 4.79 Å². The Hall–Kier alpha value is -3.28. The fourth-order valence-electron chi connectivity index (χ4n) is 3.38. The largest absolute Gasteiger partial charge is 0.493 e. The van der Waals surface area contributed by atoms with E-state index >= 15 is 0 Å². The van der Waals surface area contributed by atoms with E-state index in [1.54, 1.807) is 37.5 Å². The predicted octanol–water partition coefficient (Wildman–Crippen LogP) is 7.05. The molecule has 3 aromatic carbocycles. The molecule has 7 heteroatoms. The van der Waals surface area contributed by atoms with Gasteiger partial charge in [-0.25, -0.2) is 9.79 Å². The summed E-state index contributed by atoms with van der Waals surface area (Å²) in [4.78, 5) is 16.8. The van der Waals surface area contributed by atoms with E-state index in [-0.39, 0.29) is 5.70 Å². The molecule has 0 aromatic heterocycles. The second kappa shape index (κ2) is 10.3. The Morgan fingerprint density at radius 3 is 2.41 bits per heavy atom. The quantitative estimate of drug-likeness (QED) is 0.260. The van der Waals surface area contributed by atoms with Crippen molar-refractivity contribution in [3.8, 4) is 11.5 Å². The number of hydrogen-bond acceptors (Lipinski definition) is 5. The topological polar surface area (TPSA) is 57.1 Å². The Morgan fingerprint density at radius 1 is 0.971 bits per heavy atom. The molecular formula is C27H23Cl2NO4. The molecule has 0 saturated heterocycles. The number of carbonyl (C=O) groups is 1. The number of halogens is 2. The highest BCUT2D eigenvalue weighted by Gasteiger charge is 2.24. The average molecular weight is 496 g/mol. The molecule has 0 bridgehead atoms. The summed E-state index contributed by atoms with van der Waals surface area (Å²) in [5.74, 6) is 1.29. The van der Waals surface area contributed by atoms with Crippen LogP contribution in [0.15, 0.2) is 71.4 Å². The Kier molecular flexibility index (Phi) is 7.25. The van der Waals surface area contributed by atoms with Gasteiger partial charge in [-0.15, -0.1) is 0 Å². The number of methoxy groups -OCH3 is 1. The van der Waals surface area contributed by atoms with Gasteiger partial charge in [0.2, 0.25) is 5.90 Å². The highest BCUT2D eigenvalue weighted by molar-refractivity contribution is 6.42. The fraction of sp³-hybridized carbons (Fsp3) is 0.185. The first kappa shape index (κ1) is 23.9. The van der Waals surface area contributed by atoms with E-state index in [0.717, 1.165) is 16.7 Å². The molecule has 0 N–H and O–H groups in total. The monoisotopic (exact) mass is 495 g/mol. The van der Waals surface area contributed by atoms with Gasteiger partial charge in [0.1, 0.15) is 6.61 Å². The third-order valence-corrected chi connectivity index (χ3v) is 6.05. The van der Waals surface area contributed by atoms with E-state index < -0.39 is 5.97 Å². The molecule has 0 spiro atoms. The van der Waals surface area contributed by atoms with Gasteiger partial charge in [0.25, 0.3) is 0 Å². The zero-order valence-electron chi connectivity index (χ0n) is 19.0. The average Bonchev–Trinajstić information content (AvgIpc) is 3.20. The molecule has 1 aliphatic heterocycles. The van der Waals surface area contributed by atoms with Crippen LogP contribution in [0.5, 0.6) is 11.5 Å².